The van der Waals surface area contributed by atoms with Crippen molar-refractivity contribution in [3.05, 3.63) is 83.9 Å². The quantitative estimate of drug-likeness (QED) is 0.101. The predicted molar refractivity (Wildman–Crippen MR) is 199 cm³/mol. The third-order valence-electron chi connectivity index (χ3n) is 9.60. The van der Waals surface area contributed by atoms with Gasteiger partial charge in [-0.1, -0.05) is 93.6 Å². The molecule has 3 N–H and O–H groups in total. The van der Waals surface area contributed by atoms with Crippen LogP contribution in [0.4, 0.5) is 4.79 Å². The molecule has 2 aromatic carbocycles. The van der Waals surface area contributed by atoms with Crippen molar-refractivity contribution in [2.24, 2.45) is 23.7 Å². The highest BCUT2D eigenvalue weighted by molar-refractivity contribution is 5.94. The topological polar surface area (TPSA) is 143 Å². The highest BCUT2D eigenvalue weighted by Gasteiger charge is 2.42. The highest BCUT2D eigenvalue weighted by Crippen LogP contribution is 2.33. The normalized spacial score (nSPS) is 17.9. The number of hydrogen-bond donors (Lipinski definition) is 3. The summed E-state index contributed by atoms with van der Waals surface area (Å²) in [7, 11) is 1.25. The van der Waals surface area contributed by atoms with Gasteiger partial charge in [0.25, 0.3) is 0 Å². The lowest BCUT2D eigenvalue weighted by atomic mass is 9.93. The van der Waals surface area contributed by atoms with Crippen molar-refractivity contribution in [2.45, 2.75) is 96.9 Å². The summed E-state index contributed by atoms with van der Waals surface area (Å²) in [5.74, 6) is -1.18. The zero-order chi connectivity index (χ0) is 37.5. The van der Waals surface area contributed by atoms with Crippen molar-refractivity contribution < 1.29 is 33.4 Å². The van der Waals surface area contributed by atoms with E-state index in [-0.39, 0.29) is 37.3 Å². The minimum atomic E-state index is -0.967. The Kier molecular flexibility index (Phi) is 15.7. The molecule has 1 heterocycles. The minimum Gasteiger partial charge on any atom is -0.467 e. The average molecular weight is 717 g/mol. The van der Waals surface area contributed by atoms with Crippen LogP contribution in [0.15, 0.2) is 72.8 Å². The molecule has 5 atom stereocenters. The molecular weight excluding hydrogens is 660 g/mol. The Morgan fingerprint density at radius 2 is 1.56 bits per heavy atom. The first kappa shape index (κ1) is 40.1. The molecule has 1 saturated carbocycles. The first-order chi connectivity index (χ1) is 25.0. The molecule has 52 heavy (non-hydrogen) atoms. The average Bonchev–Trinajstić information content (AvgIpc) is 3.86. The van der Waals surface area contributed by atoms with Crippen molar-refractivity contribution >= 4 is 29.8 Å². The Bertz CT molecular complexity index is 1490. The number of carbonyl (C=O) groups excluding carboxylic acids is 5. The van der Waals surface area contributed by atoms with Crippen LogP contribution in [0.3, 0.4) is 0 Å². The molecule has 4 rings (SSSR count). The molecule has 1 aliphatic carbocycles. The number of benzene rings is 2. The number of nitrogens with zero attached hydrogens (tertiary/aromatic N) is 1. The number of alkyl carbamates (subject to hydrolysis) is 1. The Morgan fingerprint density at radius 3 is 2.19 bits per heavy atom. The van der Waals surface area contributed by atoms with Crippen molar-refractivity contribution in [1.82, 2.24) is 20.9 Å². The van der Waals surface area contributed by atoms with Gasteiger partial charge in [-0.3, -0.25) is 14.4 Å². The molecule has 1 saturated heterocycles. The van der Waals surface area contributed by atoms with E-state index in [0.29, 0.717) is 44.1 Å². The van der Waals surface area contributed by atoms with E-state index < -0.39 is 42.0 Å². The largest absolute Gasteiger partial charge is 0.467 e. The fraction of sp³-hybridized carbons (Fsp3) is 0.537. The summed E-state index contributed by atoms with van der Waals surface area (Å²) in [5, 5.41) is 8.39. The molecule has 2 aliphatic rings. The van der Waals surface area contributed by atoms with Gasteiger partial charge in [-0.2, -0.15) is 0 Å². The number of methoxy groups -OCH3 is 1. The highest BCUT2D eigenvalue weighted by atomic mass is 16.5. The van der Waals surface area contributed by atoms with Crippen molar-refractivity contribution in [2.75, 3.05) is 20.2 Å². The van der Waals surface area contributed by atoms with Gasteiger partial charge in [0.05, 0.1) is 13.0 Å². The molecule has 0 bridgehead atoms. The van der Waals surface area contributed by atoms with Crippen LogP contribution in [-0.4, -0.2) is 73.0 Å². The summed E-state index contributed by atoms with van der Waals surface area (Å²) in [6.45, 7) is 7.35. The van der Waals surface area contributed by atoms with Crippen LogP contribution in [0.5, 0.6) is 0 Å². The van der Waals surface area contributed by atoms with Gasteiger partial charge in [-0.05, 0) is 80.2 Å². The van der Waals surface area contributed by atoms with Crippen LogP contribution in [-0.2, 0) is 41.7 Å². The summed E-state index contributed by atoms with van der Waals surface area (Å²) in [6.07, 6.45) is 8.39. The van der Waals surface area contributed by atoms with Gasteiger partial charge in [-0.25, -0.2) is 9.59 Å². The predicted octanol–water partition coefficient (Wildman–Crippen LogP) is 5.33. The van der Waals surface area contributed by atoms with E-state index in [0.717, 1.165) is 30.4 Å². The molecule has 1 aliphatic heterocycles. The number of ether oxygens (including phenoxy) is 2. The zero-order valence-electron chi connectivity index (χ0n) is 31.1. The maximum Gasteiger partial charge on any atom is 0.407 e. The van der Waals surface area contributed by atoms with Gasteiger partial charge in [0.2, 0.25) is 17.7 Å². The number of allylic oxidation sites excluding steroid dienone is 1. The summed E-state index contributed by atoms with van der Waals surface area (Å²) in [5.41, 5.74) is 1.91. The summed E-state index contributed by atoms with van der Waals surface area (Å²) in [4.78, 5) is 68.0. The van der Waals surface area contributed by atoms with Crippen LogP contribution >= 0.6 is 0 Å². The SMILES string of the molecule is COC(=O)[C@H](CCCNC(=O)OCc1ccccc1)NC(=O)[C@@H](NC(=O)[C@@H]1CCCN1C(=O)[C@H](/C=C/[C@@H](C)CC(C)C)Cc1ccccc1)C1CC1. The number of rotatable bonds is 19. The molecule has 282 valence electrons. The molecule has 0 spiro atoms. The lowest BCUT2D eigenvalue weighted by Gasteiger charge is -2.29. The second-order valence-corrected chi connectivity index (χ2v) is 14.5. The number of nitrogens with one attached hydrogen (secondary N) is 3. The molecule has 11 nitrogen and oxygen atoms in total. The molecular formula is C41H56N4O7. The summed E-state index contributed by atoms with van der Waals surface area (Å²) < 4.78 is 10.2. The van der Waals surface area contributed by atoms with Crippen LogP contribution in [0.2, 0.25) is 0 Å². The van der Waals surface area contributed by atoms with E-state index in [1.165, 1.54) is 7.11 Å². The number of carbonyl (C=O) groups is 5. The fourth-order valence-electron chi connectivity index (χ4n) is 6.77. The number of amides is 4. The molecule has 2 fully saturated rings. The second kappa shape index (κ2) is 20.4. The molecule has 0 radical (unpaired) electrons. The Hall–Kier alpha value is -4.67. The first-order valence-corrected chi connectivity index (χ1v) is 18.7. The lowest BCUT2D eigenvalue weighted by Crippen LogP contribution is -2.56. The monoisotopic (exact) mass is 716 g/mol. The Labute approximate surface area is 308 Å². The van der Waals surface area contributed by atoms with Gasteiger partial charge in [0.1, 0.15) is 24.7 Å². The van der Waals surface area contributed by atoms with Gasteiger partial charge in [0, 0.05) is 13.1 Å². The van der Waals surface area contributed by atoms with Gasteiger partial charge >= 0.3 is 12.1 Å². The van der Waals surface area contributed by atoms with Crippen LogP contribution in [0.25, 0.3) is 0 Å². The lowest BCUT2D eigenvalue weighted by molar-refractivity contribution is -0.146. The van der Waals surface area contributed by atoms with Crippen LogP contribution in [0.1, 0.15) is 76.8 Å². The first-order valence-electron chi connectivity index (χ1n) is 18.7. The molecule has 2 aromatic rings. The van der Waals surface area contributed by atoms with Gasteiger partial charge < -0.3 is 30.3 Å². The summed E-state index contributed by atoms with van der Waals surface area (Å²) in [6, 6.07) is 16.7. The maximum atomic E-state index is 14.1. The van der Waals surface area contributed by atoms with E-state index in [1.54, 1.807) is 4.90 Å². The third kappa shape index (κ3) is 12.8. The Morgan fingerprint density at radius 1 is 0.885 bits per heavy atom. The molecule has 0 aromatic heterocycles. The fourth-order valence-corrected chi connectivity index (χ4v) is 6.77. The van der Waals surface area contributed by atoms with E-state index in [1.807, 2.05) is 66.7 Å². The molecule has 11 heteroatoms. The smallest absolute Gasteiger partial charge is 0.407 e. The van der Waals surface area contributed by atoms with E-state index in [4.69, 9.17) is 9.47 Å². The number of hydrogen-bond acceptors (Lipinski definition) is 7. The molecule has 4 amide bonds. The van der Waals surface area contributed by atoms with E-state index in [2.05, 4.69) is 42.8 Å². The maximum absolute atomic E-state index is 14.1. The number of esters is 1. The van der Waals surface area contributed by atoms with E-state index >= 15 is 0 Å². The van der Waals surface area contributed by atoms with Crippen LogP contribution in [0, 0.1) is 23.7 Å². The summed E-state index contributed by atoms with van der Waals surface area (Å²) >= 11 is 0. The van der Waals surface area contributed by atoms with Crippen LogP contribution < -0.4 is 16.0 Å². The van der Waals surface area contributed by atoms with Gasteiger partial charge in [0.15, 0.2) is 0 Å². The van der Waals surface area contributed by atoms with Crippen molar-refractivity contribution in [1.29, 1.82) is 0 Å². The van der Waals surface area contributed by atoms with Crippen molar-refractivity contribution in [3.63, 3.8) is 0 Å². The number of likely N-dealkylation sites (tertiary alicyclic amines) is 1. The Balaban J connectivity index is 1.34. The van der Waals surface area contributed by atoms with E-state index in [9.17, 15) is 24.0 Å². The zero-order valence-corrected chi connectivity index (χ0v) is 31.1. The molecule has 0 unspecified atom stereocenters. The van der Waals surface area contributed by atoms with Crippen molar-refractivity contribution in [3.8, 4) is 0 Å². The van der Waals surface area contributed by atoms with Gasteiger partial charge in [-0.15, -0.1) is 0 Å². The standard InChI is InChI=1S/C41H56N4O7/c1-28(2)25-29(3)19-20-33(26-30-13-7-5-8-14-30)39(48)45-24-12-18-35(45)37(46)44-36(32-21-22-32)38(47)43-34(40(49)51-4)17-11-23-42-41(50)52-27-31-15-9-6-10-16-31/h5-10,13-16,19-20,28-29,32-36H,11-12,17-18,21-27H2,1-4H3,(H,42,50)(H,43,47)(H,44,46)/b20-19+/t29-,33-,34+,35+,36+/m1/s1. The minimum absolute atomic E-state index is 0.0648. The second-order valence-electron chi connectivity index (χ2n) is 14.5. The third-order valence-corrected chi connectivity index (χ3v) is 9.60.